The summed E-state index contributed by atoms with van der Waals surface area (Å²) in [5, 5.41) is 0. The molecule has 0 bridgehead atoms. The molecule has 0 aliphatic heterocycles. The molecule has 0 N–H and O–H groups in total. The van der Waals surface area contributed by atoms with Crippen LogP contribution in [0.1, 0.15) is 19.8 Å². The van der Waals surface area contributed by atoms with Crippen LogP contribution >= 0.6 is 0 Å². The Kier molecular flexibility index (Phi) is 1.47. The highest BCUT2D eigenvalue weighted by Crippen LogP contribution is 2.09. The standard InChI is InChI=1S/C7H8O2/c1-5-2-6(8)4-7(9)3-5/h2H,3-4H2,1H3. The molecule has 0 saturated heterocycles. The summed E-state index contributed by atoms with van der Waals surface area (Å²) in [5.74, 6) is -0.0104. The molecule has 0 radical (unpaired) electrons. The molecule has 0 saturated carbocycles. The molecule has 1 aliphatic carbocycles. The largest absolute Gasteiger partial charge is 0.299 e. The van der Waals surface area contributed by atoms with E-state index in [4.69, 9.17) is 0 Å². The van der Waals surface area contributed by atoms with Crippen molar-refractivity contribution in [2.24, 2.45) is 0 Å². The molecule has 0 spiro atoms. The Bertz CT molecular complexity index is 189. The van der Waals surface area contributed by atoms with Gasteiger partial charge in [-0.3, -0.25) is 9.59 Å². The van der Waals surface area contributed by atoms with Gasteiger partial charge in [-0.1, -0.05) is 5.57 Å². The summed E-state index contributed by atoms with van der Waals surface area (Å²) in [6.45, 7) is 1.80. The first-order valence-corrected chi connectivity index (χ1v) is 2.90. The summed E-state index contributed by atoms with van der Waals surface area (Å²) in [4.78, 5) is 21.2. The zero-order valence-corrected chi connectivity index (χ0v) is 5.31. The molecule has 0 unspecified atom stereocenters. The van der Waals surface area contributed by atoms with Crippen molar-refractivity contribution in [2.75, 3.05) is 0 Å². The molecule has 0 aromatic heterocycles. The molecule has 0 fully saturated rings. The summed E-state index contributed by atoms with van der Waals surface area (Å²) in [7, 11) is 0. The van der Waals surface area contributed by atoms with Crippen LogP contribution in [-0.4, -0.2) is 11.6 Å². The lowest BCUT2D eigenvalue weighted by Gasteiger charge is -2.04. The van der Waals surface area contributed by atoms with Crippen molar-refractivity contribution in [3.63, 3.8) is 0 Å². The minimum Gasteiger partial charge on any atom is -0.299 e. The van der Waals surface area contributed by atoms with Gasteiger partial charge in [0.25, 0.3) is 0 Å². The molecular formula is C7H8O2. The molecule has 1 aliphatic rings. The van der Waals surface area contributed by atoms with E-state index < -0.39 is 0 Å². The van der Waals surface area contributed by atoms with E-state index in [0.717, 1.165) is 5.57 Å². The number of carbonyl (C=O) groups is 2. The van der Waals surface area contributed by atoms with E-state index in [1.807, 2.05) is 0 Å². The number of hydrogen-bond acceptors (Lipinski definition) is 2. The van der Waals surface area contributed by atoms with Gasteiger partial charge in [-0.25, -0.2) is 0 Å². The fourth-order valence-corrected chi connectivity index (χ4v) is 0.945. The van der Waals surface area contributed by atoms with Crippen LogP contribution in [0.25, 0.3) is 0 Å². The Labute approximate surface area is 53.6 Å². The van der Waals surface area contributed by atoms with Gasteiger partial charge in [-0.15, -0.1) is 0 Å². The SMILES string of the molecule is CC1=CC(=O)CC(=O)C1. The van der Waals surface area contributed by atoms with Crippen LogP contribution in [0.5, 0.6) is 0 Å². The third-order valence-electron chi connectivity index (χ3n) is 1.25. The smallest absolute Gasteiger partial charge is 0.163 e. The number of rotatable bonds is 0. The van der Waals surface area contributed by atoms with Crippen LogP contribution in [0.15, 0.2) is 11.6 Å². The topological polar surface area (TPSA) is 34.1 Å². The zero-order valence-electron chi connectivity index (χ0n) is 5.31. The number of Topliss-reactive ketones (excluding diaryl/α,β-unsaturated/α-hetero) is 1. The summed E-state index contributed by atoms with van der Waals surface area (Å²) in [6.07, 6.45) is 2.12. The third-order valence-corrected chi connectivity index (χ3v) is 1.25. The van der Waals surface area contributed by atoms with Crippen LogP contribution in [0.3, 0.4) is 0 Å². The Morgan fingerprint density at radius 1 is 1.33 bits per heavy atom. The van der Waals surface area contributed by atoms with Crippen LogP contribution < -0.4 is 0 Å². The fourth-order valence-electron chi connectivity index (χ4n) is 0.945. The van der Waals surface area contributed by atoms with Gasteiger partial charge in [-0.05, 0) is 13.0 Å². The van der Waals surface area contributed by atoms with E-state index in [9.17, 15) is 9.59 Å². The van der Waals surface area contributed by atoms with Crippen molar-refractivity contribution >= 4 is 11.6 Å². The minimum absolute atomic E-state index is 0.0417. The molecular weight excluding hydrogens is 116 g/mol. The van der Waals surface area contributed by atoms with Gasteiger partial charge in [0.1, 0.15) is 5.78 Å². The van der Waals surface area contributed by atoms with Crippen LogP contribution in [0.4, 0.5) is 0 Å². The van der Waals surface area contributed by atoms with Crippen molar-refractivity contribution in [3.05, 3.63) is 11.6 Å². The van der Waals surface area contributed by atoms with Crippen molar-refractivity contribution in [1.82, 2.24) is 0 Å². The van der Waals surface area contributed by atoms with E-state index in [-0.39, 0.29) is 18.0 Å². The highest BCUT2D eigenvalue weighted by atomic mass is 16.1. The van der Waals surface area contributed by atoms with E-state index in [2.05, 4.69) is 0 Å². The number of ketones is 2. The molecule has 0 aromatic carbocycles. The van der Waals surface area contributed by atoms with Crippen molar-refractivity contribution < 1.29 is 9.59 Å². The number of hydrogen-bond donors (Lipinski definition) is 0. The lowest BCUT2D eigenvalue weighted by molar-refractivity contribution is -0.125. The van der Waals surface area contributed by atoms with Crippen LogP contribution in [-0.2, 0) is 9.59 Å². The highest BCUT2D eigenvalue weighted by molar-refractivity contribution is 6.08. The zero-order chi connectivity index (χ0) is 6.85. The average molecular weight is 124 g/mol. The Hall–Kier alpha value is -0.920. The summed E-state index contributed by atoms with van der Waals surface area (Å²) in [6, 6.07) is 0. The first kappa shape index (κ1) is 6.20. The third kappa shape index (κ3) is 1.49. The average Bonchev–Trinajstić information content (AvgIpc) is 1.59. The van der Waals surface area contributed by atoms with Crippen LogP contribution in [0.2, 0.25) is 0 Å². The van der Waals surface area contributed by atoms with Crippen molar-refractivity contribution in [2.45, 2.75) is 19.8 Å². The van der Waals surface area contributed by atoms with Crippen molar-refractivity contribution in [1.29, 1.82) is 0 Å². The normalized spacial score (nSPS) is 19.9. The number of carbonyl (C=O) groups excluding carboxylic acids is 2. The lowest BCUT2D eigenvalue weighted by atomic mass is 9.99. The van der Waals surface area contributed by atoms with E-state index in [1.54, 1.807) is 13.0 Å². The maximum Gasteiger partial charge on any atom is 0.163 e. The molecule has 0 amide bonds. The van der Waals surface area contributed by atoms with Crippen LogP contribution in [0, 0.1) is 0 Å². The predicted molar refractivity (Wildman–Crippen MR) is 33.0 cm³/mol. The molecule has 9 heavy (non-hydrogen) atoms. The Morgan fingerprint density at radius 2 is 2.00 bits per heavy atom. The van der Waals surface area contributed by atoms with Crippen molar-refractivity contribution in [3.8, 4) is 0 Å². The fraction of sp³-hybridized carbons (Fsp3) is 0.429. The van der Waals surface area contributed by atoms with E-state index in [1.165, 1.54) is 0 Å². The summed E-state index contributed by atoms with van der Waals surface area (Å²) < 4.78 is 0. The molecule has 2 nitrogen and oxygen atoms in total. The molecule has 2 heteroatoms. The highest BCUT2D eigenvalue weighted by Gasteiger charge is 2.13. The summed E-state index contributed by atoms with van der Waals surface area (Å²) >= 11 is 0. The molecule has 48 valence electrons. The molecule has 0 heterocycles. The Morgan fingerprint density at radius 3 is 2.44 bits per heavy atom. The van der Waals surface area contributed by atoms with Gasteiger partial charge in [0.15, 0.2) is 5.78 Å². The van der Waals surface area contributed by atoms with Gasteiger partial charge in [0, 0.05) is 6.42 Å². The predicted octanol–water partition coefficient (Wildman–Crippen LogP) is 0.865. The first-order chi connectivity index (χ1) is 4.18. The second-order valence-electron chi connectivity index (χ2n) is 2.35. The van der Waals surface area contributed by atoms with E-state index >= 15 is 0 Å². The summed E-state index contributed by atoms with van der Waals surface area (Å²) in [5.41, 5.74) is 0.885. The maximum absolute atomic E-state index is 10.6. The maximum atomic E-state index is 10.6. The molecule has 0 aromatic rings. The molecule has 0 atom stereocenters. The van der Waals surface area contributed by atoms with Gasteiger partial charge >= 0.3 is 0 Å². The second-order valence-corrected chi connectivity index (χ2v) is 2.35. The van der Waals surface area contributed by atoms with Gasteiger partial charge in [0.2, 0.25) is 0 Å². The van der Waals surface area contributed by atoms with E-state index in [0.29, 0.717) is 6.42 Å². The monoisotopic (exact) mass is 124 g/mol. The molecule has 1 rings (SSSR count). The van der Waals surface area contributed by atoms with Gasteiger partial charge in [0.05, 0.1) is 6.42 Å². The first-order valence-electron chi connectivity index (χ1n) is 2.90. The lowest BCUT2D eigenvalue weighted by Crippen LogP contribution is -2.11. The minimum atomic E-state index is -0.0521. The second kappa shape index (κ2) is 2.13. The Balaban J connectivity index is 2.79. The van der Waals surface area contributed by atoms with Gasteiger partial charge in [-0.2, -0.15) is 0 Å². The quantitative estimate of drug-likeness (QED) is 0.449. The number of allylic oxidation sites excluding steroid dienone is 2. The van der Waals surface area contributed by atoms with Gasteiger partial charge < -0.3 is 0 Å².